The third-order valence-corrected chi connectivity index (χ3v) is 5.15. The van der Waals surface area contributed by atoms with Crippen LogP contribution in [-0.2, 0) is 6.54 Å². The Morgan fingerprint density at radius 1 is 1.29 bits per heavy atom. The predicted molar refractivity (Wildman–Crippen MR) is 98.4 cm³/mol. The standard InChI is InChI=1S/C17H14Cl2N2O2S/c1-3-21-15-13(23-2)5-4-6-14(15)24-17(21)20-16(22)11-8-7-10(18)9-12(11)19/h4-9H,3H2,1-2H3. The van der Waals surface area contributed by atoms with Crippen LogP contribution in [0.15, 0.2) is 41.4 Å². The van der Waals surface area contributed by atoms with Gasteiger partial charge in [-0.3, -0.25) is 4.79 Å². The molecule has 0 spiro atoms. The second kappa shape index (κ2) is 6.97. The number of thiazole rings is 1. The van der Waals surface area contributed by atoms with Crippen LogP contribution in [0.3, 0.4) is 0 Å². The highest BCUT2D eigenvalue weighted by molar-refractivity contribution is 7.16. The summed E-state index contributed by atoms with van der Waals surface area (Å²) in [5.41, 5.74) is 1.26. The van der Waals surface area contributed by atoms with E-state index in [2.05, 4.69) is 4.99 Å². The molecule has 3 aromatic rings. The van der Waals surface area contributed by atoms with Crippen molar-refractivity contribution >= 4 is 50.7 Å². The van der Waals surface area contributed by atoms with E-state index in [-0.39, 0.29) is 5.02 Å². The number of rotatable bonds is 3. The van der Waals surface area contributed by atoms with E-state index in [4.69, 9.17) is 27.9 Å². The highest BCUT2D eigenvalue weighted by atomic mass is 35.5. The third kappa shape index (κ3) is 3.07. The lowest BCUT2D eigenvalue weighted by Crippen LogP contribution is -2.16. The average Bonchev–Trinajstić information content (AvgIpc) is 2.91. The first kappa shape index (κ1) is 17.0. The molecular formula is C17H14Cl2N2O2S. The summed E-state index contributed by atoms with van der Waals surface area (Å²) in [6, 6.07) is 10.5. The second-order valence-electron chi connectivity index (χ2n) is 4.98. The van der Waals surface area contributed by atoms with Crippen LogP contribution < -0.4 is 9.54 Å². The smallest absolute Gasteiger partial charge is 0.281 e. The molecule has 0 aliphatic heterocycles. The summed E-state index contributed by atoms with van der Waals surface area (Å²) >= 11 is 13.4. The van der Waals surface area contributed by atoms with Gasteiger partial charge in [0.15, 0.2) is 4.80 Å². The van der Waals surface area contributed by atoms with Crippen LogP contribution in [0.4, 0.5) is 0 Å². The monoisotopic (exact) mass is 380 g/mol. The van der Waals surface area contributed by atoms with E-state index in [0.717, 1.165) is 16.0 Å². The van der Waals surface area contributed by atoms with Gasteiger partial charge in [-0.05, 0) is 37.3 Å². The van der Waals surface area contributed by atoms with Crippen molar-refractivity contribution in [1.82, 2.24) is 4.57 Å². The Morgan fingerprint density at radius 2 is 2.08 bits per heavy atom. The number of aryl methyl sites for hydroxylation is 1. The number of ether oxygens (including phenoxy) is 1. The number of methoxy groups -OCH3 is 1. The first-order chi connectivity index (χ1) is 11.5. The average molecular weight is 381 g/mol. The third-order valence-electron chi connectivity index (χ3n) is 3.56. The van der Waals surface area contributed by atoms with Crippen molar-refractivity contribution in [2.45, 2.75) is 13.5 Å². The van der Waals surface area contributed by atoms with Crippen molar-refractivity contribution in [3.63, 3.8) is 0 Å². The molecule has 0 saturated heterocycles. The van der Waals surface area contributed by atoms with Gasteiger partial charge >= 0.3 is 0 Å². The number of fused-ring (bicyclic) bond motifs is 1. The molecule has 4 nitrogen and oxygen atoms in total. The molecule has 1 amide bonds. The number of amides is 1. The van der Waals surface area contributed by atoms with Crippen LogP contribution in [0.2, 0.25) is 10.0 Å². The summed E-state index contributed by atoms with van der Waals surface area (Å²) in [6.45, 7) is 2.66. The Balaban J connectivity index is 2.18. The van der Waals surface area contributed by atoms with Gasteiger partial charge in [-0.25, -0.2) is 0 Å². The summed E-state index contributed by atoms with van der Waals surface area (Å²) in [7, 11) is 1.63. The molecular weight excluding hydrogens is 367 g/mol. The number of hydrogen-bond donors (Lipinski definition) is 0. The Morgan fingerprint density at radius 3 is 2.75 bits per heavy atom. The quantitative estimate of drug-likeness (QED) is 0.655. The first-order valence-electron chi connectivity index (χ1n) is 7.25. The van der Waals surface area contributed by atoms with Crippen molar-refractivity contribution in [3.8, 4) is 5.75 Å². The van der Waals surface area contributed by atoms with Crippen LogP contribution in [0.1, 0.15) is 17.3 Å². The van der Waals surface area contributed by atoms with Gasteiger partial charge < -0.3 is 9.30 Å². The number of nitrogens with zero attached hydrogens (tertiary/aromatic N) is 2. The molecule has 0 bridgehead atoms. The molecule has 0 aliphatic carbocycles. The Bertz CT molecular complexity index is 992. The molecule has 124 valence electrons. The summed E-state index contributed by atoms with van der Waals surface area (Å²) in [6.07, 6.45) is 0. The lowest BCUT2D eigenvalue weighted by Gasteiger charge is -2.05. The molecule has 0 saturated carbocycles. The normalized spacial score (nSPS) is 11.9. The van der Waals surface area contributed by atoms with E-state index in [1.807, 2.05) is 29.7 Å². The number of carbonyl (C=O) groups excluding carboxylic acids is 1. The minimum Gasteiger partial charge on any atom is -0.495 e. The van der Waals surface area contributed by atoms with Crippen molar-refractivity contribution in [2.24, 2.45) is 4.99 Å². The number of aromatic nitrogens is 1. The van der Waals surface area contributed by atoms with E-state index >= 15 is 0 Å². The first-order valence-corrected chi connectivity index (χ1v) is 8.82. The van der Waals surface area contributed by atoms with Crippen LogP contribution in [-0.4, -0.2) is 17.6 Å². The highest BCUT2D eigenvalue weighted by Gasteiger charge is 2.13. The van der Waals surface area contributed by atoms with Gasteiger partial charge in [0.25, 0.3) is 5.91 Å². The van der Waals surface area contributed by atoms with Gasteiger partial charge in [-0.1, -0.05) is 40.6 Å². The molecule has 3 rings (SSSR count). The van der Waals surface area contributed by atoms with Gasteiger partial charge in [-0.2, -0.15) is 4.99 Å². The number of hydrogen-bond acceptors (Lipinski definition) is 3. The van der Waals surface area contributed by atoms with Crippen molar-refractivity contribution in [2.75, 3.05) is 7.11 Å². The Kier molecular flexibility index (Phi) is 4.94. The van der Waals surface area contributed by atoms with E-state index in [1.165, 1.54) is 17.4 Å². The minimum atomic E-state index is -0.399. The van der Waals surface area contributed by atoms with Crippen molar-refractivity contribution in [1.29, 1.82) is 0 Å². The molecule has 0 atom stereocenters. The molecule has 0 aliphatic rings. The number of para-hydroxylation sites is 1. The van der Waals surface area contributed by atoms with Crippen molar-refractivity contribution < 1.29 is 9.53 Å². The highest BCUT2D eigenvalue weighted by Crippen LogP contribution is 2.27. The van der Waals surface area contributed by atoms with E-state index < -0.39 is 5.91 Å². The maximum absolute atomic E-state index is 12.5. The topological polar surface area (TPSA) is 43.6 Å². The maximum atomic E-state index is 12.5. The van der Waals surface area contributed by atoms with Crippen LogP contribution in [0, 0.1) is 0 Å². The van der Waals surface area contributed by atoms with Gasteiger partial charge in [0.1, 0.15) is 11.3 Å². The maximum Gasteiger partial charge on any atom is 0.281 e. The second-order valence-corrected chi connectivity index (χ2v) is 6.83. The fourth-order valence-electron chi connectivity index (χ4n) is 2.45. The molecule has 0 unspecified atom stereocenters. The zero-order valence-corrected chi connectivity index (χ0v) is 15.4. The lowest BCUT2D eigenvalue weighted by atomic mass is 10.2. The van der Waals surface area contributed by atoms with Gasteiger partial charge in [0.05, 0.1) is 22.4 Å². The molecule has 7 heteroatoms. The fourth-order valence-corrected chi connectivity index (χ4v) is 4.05. The summed E-state index contributed by atoms with van der Waals surface area (Å²) in [5.74, 6) is 0.355. The van der Waals surface area contributed by atoms with E-state index in [0.29, 0.717) is 21.9 Å². The van der Waals surface area contributed by atoms with Crippen LogP contribution >= 0.6 is 34.5 Å². The van der Waals surface area contributed by atoms with Crippen LogP contribution in [0.5, 0.6) is 5.75 Å². The Labute approximate surface area is 152 Å². The van der Waals surface area contributed by atoms with E-state index in [9.17, 15) is 4.79 Å². The fraction of sp³-hybridized carbons (Fsp3) is 0.176. The SMILES string of the molecule is CCn1c(=NC(=O)c2ccc(Cl)cc2Cl)sc2cccc(OC)c21. The zero-order valence-electron chi connectivity index (χ0n) is 13.0. The van der Waals surface area contributed by atoms with Gasteiger partial charge in [0.2, 0.25) is 0 Å². The molecule has 24 heavy (non-hydrogen) atoms. The van der Waals surface area contributed by atoms with Crippen LogP contribution in [0.25, 0.3) is 10.2 Å². The Hall–Kier alpha value is -1.82. The largest absolute Gasteiger partial charge is 0.495 e. The summed E-state index contributed by atoms with van der Waals surface area (Å²) < 4.78 is 8.39. The zero-order chi connectivity index (χ0) is 17.3. The number of carbonyl (C=O) groups is 1. The van der Waals surface area contributed by atoms with Crippen molar-refractivity contribution in [3.05, 3.63) is 56.8 Å². The minimum absolute atomic E-state index is 0.290. The van der Waals surface area contributed by atoms with Gasteiger partial charge in [-0.15, -0.1) is 0 Å². The molecule has 1 aromatic heterocycles. The molecule has 2 aromatic carbocycles. The van der Waals surface area contributed by atoms with E-state index in [1.54, 1.807) is 19.2 Å². The molecule has 0 radical (unpaired) electrons. The van der Waals surface area contributed by atoms with Gasteiger partial charge in [0, 0.05) is 11.6 Å². The molecule has 0 fully saturated rings. The predicted octanol–water partition coefficient (Wildman–Crippen LogP) is 4.78. The number of benzene rings is 2. The summed E-state index contributed by atoms with van der Waals surface area (Å²) in [5, 5.41) is 0.768. The number of halogens is 2. The summed E-state index contributed by atoms with van der Waals surface area (Å²) in [4.78, 5) is 17.4. The molecule has 1 heterocycles. The molecule has 0 N–H and O–H groups in total. The lowest BCUT2D eigenvalue weighted by molar-refractivity contribution is 0.0998.